The van der Waals surface area contributed by atoms with Crippen molar-refractivity contribution in [2.24, 2.45) is 0 Å². The molecular weight excluding hydrogens is 261 g/mol. The van der Waals surface area contributed by atoms with Crippen LogP contribution >= 0.6 is 0 Å². The zero-order valence-corrected chi connectivity index (χ0v) is 10.1. The number of carbonyl (C=O) groups excluding carboxylic acids is 1. The molecule has 0 bridgehead atoms. The van der Waals surface area contributed by atoms with Gasteiger partial charge in [-0.1, -0.05) is 12.1 Å². The van der Waals surface area contributed by atoms with Crippen molar-refractivity contribution in [3.8, 4) is 0 Å². The van der Waals surface area contributed by atoms with Crippen molar-refractivity contribution in [1.29, 1.82) is 0 Å². The summed E-state index contributed by atoms with van der Waals surface area (Å²) in [6.45, 7) is 0.285. The first-order valence-electron chi connectivity index (χ1n) is 5.72. The van der Waals surface area contributed by atoms with Gasteiger partial charge in [0.25, 0.3) is 0 Å². The van der Waals surface area contributed by atoms with Crippen molar-refractivity contribution in [3.63, 3.8) is 0 Å². The summed E-state index contributed by atoms with van der Waals surface area (Å²) in [6, 6.07) is 4.29. The Morgan fingerprint density at radius 3 is 2.63 bits per heavy atom. The molecule has 0 spiro atoms. The van der Waals surface area contributed by atoms with Gasteiger partial charge in [0.05, 0.1) is 5.56 Å². The van der Waals surface area contributed by atoms with Gasteiger partial charge in [-0.2, -0.15) is 13.2 Å². The monoisotopic (exact) mass is 276 g/mol. The van der Waals surface area contributed by atoms with Crippen LogP contribution in [-0.4, -0.2) is 24.3 Å². The third-order valence-electron chi connectivity index (χ3n) is 2.33. The summed E-state index contributed by atoms with van der Waals surface area (Å²) in [4.78, 5) is 11.2. The normalized spacial score (nSPS) is 11.2. The number of hydrogen-bond acceptors (Lipinski definition) is 2. The predicted molar refractivity (Wildman–Crippen MR) is 63.4 cm³/mol. The first-order valence-corrected chi connectivity index (χ1v) is 5.72. The number of halogens is 3. The summed E-state index contributed by atoms with van der Waals surface area (Å²) >= 11 is 0. The van der Waals surface area contributed by atoms with Crippen molar-refractivity contribution < 1.29 is 23.1 Å². The van der Waals surface area contributed by atoms with Gasteiger partial charge in [0.2, 0.25) is 0 Å². The molecule has 4 nitrogen and oxygen atoms in total. The average Bonchev–Trinajstić information content (AvgIpc) is 2.36. The molecule has 0 heterocycles. The molecule has 0 saturated heterocycles. The zero-order valence-electron chi connectivity index (χ0n) is 10.1. The average molecular weight is 276 g/mol. The van der Waals surface area contributed by atoms with E-state index in [1.165, 1.54) is 12.1 Å². The van der Waals surface area contributed by atoms with Crippen LogP contribution in [0.25, 0.3) is 0 Å². The fraction of sp³-hybridized carbons (Fsp3) is 0.417. The molecule has 0 unspecified atom stereocenters. The molecule has 2 amide bonds. The lowest BCUT2D eigenvalue weighted by Gasteiger charge is -2.10. The van der Waals surface area contributed by atoms with Crippen LogP contribution in [0.15, 0.2) is 24.3 Å². The molecule has 1 aromatic rings. The maximum Gasteiger partial charge on any atom is 0.416 e. The number of aliphatic hydroxyl groups is 1. The Morgan fingerprint density at radius 1 is 1.26 bits per heavy atom. The first kappa shape index (κ1) is 15.3. The molecular formula is C12H15F3N2O2. The van der Waals surface area contributed by atoms with Crippen LogP contribution in [0.2, 0.25) is 0 Å². The molecule has 0 atom stereocenters. The van der Waals surface area contributed by atoms with Crippen LogP contribution in [-0.2, 0) is 12.7 Å². The number of hydrogen-bond donors (Lipinski definition) is 3. The van der Waals surface area contributed by atoms with Crippen molar-refractivity contribution in [3.05, 3.63) is 35.4 Å². The molecule has 0 aliphatic carbocycles. The predicted octanol–water partition coefficient (Wildman–Crippen LogP) is 1.89. The van der Waals surface area contributed by atoms with E-state index in [0.717, 1.165) is 12.1 Å². The van der Waals surface area contributed by atoms with Crippen LogP contribution in [0.4, 0.5) is 18.0 Å². The molecule has 0 aromatic heterocycles. The van der Waals surface area contributed by atoms with Crippen LogP contribution in [0.1, 0.15) is 17.5 Å². The minimum absolute atomic E-state index is 0.00881. The Labute approximate surface area is 108 Å². The van der Waals surface area contributed by atoms with Gasteiger partial charge in [-0.3, -0.25) is 0 Å². The summed E-state index contributed by atoms with van der Waals surface area (Å²) in [6.07, 6.45) is -3.96. The summed E-state index contributed by atoms with van der Waals surface area (Å²) < 4.78 is 37.3. The molecule has 19 heavy (non-hydrogen) atoms. The molecule has 7 heteroatoms. The number of urea groups is 1. The molecule has 0 aliphatic rings. The molecule has 0 aliphatic heterocycles. The maximum atomic E-state index is 12.4. The van der Waals surface area contributed by atoms with E-state index in [-0.39, 0.29) is 13.2 Å². The minimum Gasteiger partial charge on any atom is -0.396 e. The van der Waals surface area contributed by atoms with Gasteiger partial charge in [-0.15, -0.1) is 0 Å². The lowest BCUT2D eigenvalue weighted by molar-refractivity contribution is -0.137. The number of alkyl halides is 3. The molecule has 0 fully saturated rings. The number of amides is 2. The third kappa shape index (κ3) is 5.60. The second-order valence-electron chi connectivity index (χ2n) is 3.88. The largest absolute Gasteiger partial charge is 0.416 e. The highest BCUT2D eigenvalue weighted by Gasteiger charge is 2.30. The Bertz CT molecular complexity index is 422. The Kier molecular flexibility index (Phi) is 5.62. The molecule has 1 aromatic carbocycles. The lowest BCUT2D eigenvalue weighted by atomic mass is 10.1. The fourth-order valence-electron chi connectivity index (χ4n) is 1.38. The minimum atomic E-state index is -4.39. The van der Waals surface area contributed by atoms with Crippen molar-refractivity contribution in [2.45, 2.75) is 19.1 Å². The molecule has 3 N–H and O–H groups in total. The maximum absolute atomic E-state index is 12.4. The smallest absolute Gasteiger partial charge is 0.396 e. The summed E-state index contributed by atoms with van der Waals surface area (Å²) in [5.74, 6) is 0. The van der Waals surface area contributed by atoms with Crippen LogP contribution in [0.3, 0.4) is 0 Å². The first-order chi connectivity index (χ1) is 8.93. The summed E-state index contributed by atoms with van der Waals surface area (Å²) in [5.41, 5.74) is -0.375. The van der Waals surface area contributed by atoms with Crippen molar-refractivity contribution in [1.82, 2.24) is 10.6 Å². The van der Waals surface area contributed by atoms with Crippen LogP contribution < -0.4 is 10.6 Å². The van der Waals surface area contributed by atoms with Gasteiger partial charge in [0, 0.05) is 19.7 Å². The van der Waals surface area contributed by atoms with E-state index >= 15 is 0 Å². The van der Waals surface area contributed by atoms with Gasteiger partial charge < -0.3 is 15.7 Å². The molecule has 0 saturated carbocycles. The van der Waals surface area contributed by atoms with E-state index < -0.39 is 17.8 Å². The van der Waals surface area contributed by atoms with Crippen LogP contribution in [0, 0.1) is 0 Å². The van der Waals surface area contributed by atoms with Gasteiger partial charge >= 0.3 is 12.2 Å². The van der Waals surface area contributed by atoms with E-state index in [1.54, 1.807) is 0 Å². The molecule has 1 rings (SSSR count). The van der Waals surface area contributed by atoms with Crippen molar-refractivity contribution in [2.75, 3.05) is 13.2 Å². The van der Waals surface area contributed by atoms with Gasteiger partial charge in [0.15, 0.2) is 0 Å². The van der Waals surface area contributed by atoms with E-state index in [1.807, 2.05) is 0 Å². The number of nitrogens with one attached hydrogen (secondary N) is 2. The molecule has 0 radical (unpaired) electrons. The highest BCUT2D eigenvalue weighted by atomic mass is 19.4. The van der Waals surface area contributed by atoms with Gasteiger partial charge in [0.1, 0.15) is 0 Å². The van der Waals surface area contributed by atoms with E-state index in [2.05, 4.69) is 10.6 Å². The highest BCUT2D eigenvalue weighted by Crippen LogP contribution is 2.29. The Hall–Kier alpha value is -1.76. The second kappa shape index (κ2) is 6.98. The third-order valence-corrected chi connectivity index (χ3v) is 2.33. The fourth-order valence-corrected chi connectivity index (χ4v) is 1.38. The lowest BCUT2D eigenvalue weighted by Crippen LogP contribution is -2.35. The van der Waals surface area contributed by atoms with Crippen LogP contribution in [0.5, 0.6) is 0 Å². The van der Waals surface area contributed by atoms with Gasteiger partial charge in [-0.05, 0) is 24.1 Å². The second-order valence-corrected chi connectivity index (χ2v) is 3.88. The quantitative estimate of drug-likeness (QED) is 0.719. The topological polar surface area (TPSA) is 61.4 Å². The van der Waals surface area contributed by atoms with Gasteiger partial charge in [-0.25, -0.2) is 4.79 Å². The van der Waals surface area contributed by atoms with E-state index in [0.29, 0.717) is 18.5 Å². The summed E-state index contributed by atoms with van der Waals surface area (Å²) in [7, 11) is 0. The van der Waals surface area contributed by atoms with E-state index in [4.69, 9.17) is 5.11 Å². The summed E-state index contributed by atoms with van der Waals surface area (Å²) in [5, 5.41) is 13.4. The van der Waals surface area contributed by atoms with Crippen molar-refractivity contribution >= 4 is 6.03 Å². The molecule has 106 valence electrons. The Balaban J connectivity index is 2.47. The Morgan fingerprint density at radius 2 is 2.00 bits per heavy atom. The number of aliphatic hydroxyl groups excluding tert-OH is 1. The van der Waals surface area contributed by atoms with E-state index in [9.17, 15) is 18.0 Å². The number of carbonyl (C=O) groups is 1. The number of rotatable bonds is 5. The SMILES string of the molecule is O=C(NCCCO)NCc1cccc(C(F)(F)F)c1. The highest BCUT2D eigenvalue weighted by molar-refractivity contribution is 5.73. The number of benzene rings is 1. The standard InChI is InChI=1S/C12H15F3N2O2/c13-12(14,15)10-4-1-3-9(7-10)8-17-11(19)16-5-2-6-18/h1,3-4,7,18H,2,5-6,8H2,(H2,16,17,19). The zero-order chi connectivity index (χ0) is 14.3.